The van der Waals surface area contributed by atoms with E-state index in [-0.39, 0.29) is 5.91 Å². The van der Waals surface area contributed by atoms with Gasteiger partial charge in [-0.1, -0.05) is 12.1 Å². The van der Waals surface area contributed by atoms with Crippen molar-refractivity contribution in [3.05, 3.63) is 41.6 Å². The van der Waals surface area contributed by atoms with Crippen LogP contribution in [0.4, 0.5) is 5.82 Å². The molecule has 0 aliphatic heterocycles. The lowest BCUT2D eigenvalue weighted by molar-refractivity contribution is -0.111. The fourth-order valence-electron chi connectivity index (χ4n) is 1.43. The minimum absolute atomic E-state index is 0.280. The van der Waals surface area contributed by atoms with Crippen LogP contribution in [0.3, 0.4) is 0 Å². The number of carbonyl (C=O) groups is 1. The monoisotopic (exact) mass is 246 g/mol. The first-order valence-corrected chi connectivity index (χ1v) is 5.68. The summed E-state index contributed by atoms with van der Waals surface area (Å²) >= 11 is 0. The zero-order valence-corrected chi connectivity index (χ0v) is 10.3. The summed E-state index contributed by atoms with van der Waals surface area (Å²) < 4.78 is 10.3. The van der Waals surface area contributed by atoms with E-state index >= 15 is 0 Å². The molecule has 0 aliphatic carbocycles. The number of aryl methyl sites for hydroxylation is 2. The van der Waals surface area contributed by atoms with Crippen LogP contribution >= 0.6 is 0 Å². The molecule has 2 aromatic heterocycles. The number of amides is 1. The highest BCUT2D eigenvalue weighted by Crippen LogP contribution is 2.10. The maximum Gasteiger partial charge on any atom is 0.249 e. The quantitative estimate of drug-likeness (QED) is 0.842. The third-order valence-corrected chi connectivity index (χ3v) is 2.31. The molecule has 0 aromatic carbocycles. The maximum atomic E-state index is 11.6. The van der Waals surface area contributed by atoms with Crippen LogP contribution in [-0.4, -0.2) is 11.1 Å². The molecule has 0 radical (unpaired) electrons. The molecule has 1 amide bonds. The lowest BCUT2D eigenvalue weighted by Gasteiger charge is -1.93. The Hall–Kier alpha value is -2.30. The van der Waals surface area contributed by atoms with Crippen molar-refractivity contribution in [3.8, 4) is 0 Å². The van der Waals surface area contributed by atoms with Crippen LogP contribution in [-0.2, 0) is 11.2 Å². The highest BCUT2D eigenvalue weighted by molar-refractivity contribution is 6.01. The predicted molar refractivity (Wildman–Crippen MR) is 67.0 cm³/mol. The summed E-state index contributed by atoms with van der Waals surface area (Å²) in [5.74, 6) is 2.31. The zero-order chi connectivity index (χ0) is 13.0. The second kappa shape index (κ2) is 5.35. The van der Waals surface area contributed by atoms with Gasteiger partial charge in [-0.15, -0.1) is 0 Å². The van der Waals surface area contributed by atoms with Gasteiger partial charge in [0.15, 0.2) is 5.82 Å². The van der Waals surface area contributed by atoms with Crippen LogP contribution in [0, 0.1) is 6.92 Å². The highest BCUT2D eigenvalue weighted by Gasteiger charge is 2.03. The summed E-state index contributed by atoms with van der Waals surface area (Å²) in [6.07, 6.45) is 3.84. The molecule has 2 heterocycles. The van der Waals surface area contributed by atoms with E-state index in [1.165, 1.54) is 6.08 Å². The Labute approximate surface area is 104 Å². The summed E-state index contributed by atoms with van der Waals surface area (Å²) in [4.78, 5) is 11.6. The van der Waals surface area contributed by atoms with Crippen molar-refractivity contribution in [2.45, 2.75) is 20.3 Å². The van der Waals surface area contributed by atoms with E-state index in [0.717, 1.165) is 12.2 Å². The summed E-state index contributed by atoms with van der Waals surface area (Å²) in [5, 5.41) is 6.25. The number of carbonyl (C=O) groups excluding carboxylic acids is 1. The topological polar surface area (TPSA) is 68.3 Å². The van der Waals surface area contributed by atoms with E-state index in [1.54, 1.807) is 19.1 Å². The molecule has 5 heteroatoms. The molecule has 0 saturated heterocycles. The van der Waals surface area contributed by atoms with E-state index in [0.29, 0.717) is 17.3 Å². The van der Waals surface area contributed by atoms with Crippen LogP contribution < -0.4 is 5.32 Å². The van der Waals surface area contributed by atoms with Crippen molar-refractivity contribution in [1.82, 2.24) is 5.16 Å². The van der Waals surface area contributed by atoms with Crippen molar-refractivity contribution >= 4 is 17.8 Å². The number of anilines is 1. The normalized spacial score (nSPS) is 11.0. The molecule has 1 N–H and O–H groups in total. The van der Waals surface area contributed by atoms with E-state index in [2.05, 4.69) is 10.5 Å². The molecule has 2 rings (SSSR count). The number of aromatic nitrogens is 1. The van der Waals surface area contributed by atoms with Crippen molar-refractivity contribution < 1.29 is 13.7 Å². The fraction of sp³-hybridized carbons (Fsp3) is 0.231. The van der Waals surface area contributed by atoms with E-state index in [1.807, 2.05) is 19.1 Å². The number of hydrogen-bond acceptors (Lipinski definition) is 4. The van der Waals surface area contributed by atoms with Crippen molar-refractivity contribution in [3.63, 3.8) is 0 Å². The fourth-order valence-corrected chi connectivity index (χ4v) is 1.43. The number of nitrogens with zero attached hydrogens (tertiary/aromatic N) is 1. The Morgan fingerprint density at radius 3 is 2.94 bits per heavy atom. The third kappa shape index (κ3) is 3.10. The lowest BCUT2D eigenvalue weighted by Crippen LogP contribution is -2.07. The van der Waals surface area contributed by atoms with Gasteiger partial charge in [0.1, 0.15) is 17.3 Å². The molecule has 0 spiro atoms. The largest absolute Gasteiger partial charge is 0.462 e. The van der Waals surface area contributed by atoms with E-state index in [4.69, 9.17) is 8.94 Å². The Bertz CT molecular complexity index is 566. The van der Waals surface area contributed by atoms with Gasteiger partial charge in [0, 0.05) is 18.6 Å². The molecule has 94 valence electrons. The molecule has 0 aliphatic rings. The predicted octanol–water partition coefficient (Wildman–Crippen LogP) is 2.79. The Morgan fingerprint density at radius 2 is 2.33 bits per heavy atom. The second-order valence-electron chi connectivity index (χ2n) is 3.80. The molecule has 0 bridgehead atoms. The van der Waals surface area contributed by atoms with E-state index in [9.17, 15) is 4.79 Å². The summed E-state index contributed by atoms with van der Waals surface area (Å²) in [6, 6.07) is 5.36. The smallest absolute Gasteiger partial charge is 0.249 e. The average molecular weight is 246 g/mol. The molecule has 18 heavy (non-hydrogen) atoms. The first kappa shape index (κ1) is 12.2. The van der Waals surface area contributed by atoms with Gasteiger partial charge in [-0.3, -0.25) is 4.79 Å². The Morgan fingerprint density at radius 1 is 1.50 bits per heavy atom. The Balaban J connectivity index is 1.94. The first-order valence-electron chi connectivity index (χ1n) is 5.68. The molecule has 0 fully saturated rings. The van der Waals surface area contributed by atoms with Crippen LogP contribution in [0.15, 0.2) is 33.2 Å². The summed E-state index contributed by atoms with van der Waals surface area (Å²) in [5.41, 5.74) is 0. The number of nitrogens with one attached hydrogen (secondary N) is 1. The van der Waals surface area contributed by atoms with E-state index < -0.39 is 0 Å². The number of hydrogen-bond donors (Lipinski definition) is 1. The molecule has 2 aromatic rings. The molecule has 5 nitrogen and oxygen atoms in total. The second-order valence-corrected chi connectivity index (χ2v) is 3.80. The van der Waals surface area contributed by atoms with Gasteiger partial charge in [-0.05, 0) is 25.1 Å². The van der Waals surface area contributed by atoms with Gasteiger partial charge in [0.05, 0.1) is 0 Å². The molecule has 0 saturated carbocycles. The SMILES string of the molecule is CCc1ccc(C=CC(=O)Nc2cc(C)on2)o1. The molecule has 0 unspecified atom stereocenters. The zero-order valence-electron chi connectivity index (χ0n) is 10.3. The Kier molecular flexibility index (Phi) is 3.62. The van der Waals surface area contributed by atoms with Crippen molar-refractivity contribution in [1.29, 1.82) is 0 Å². The summed E-state index contributed by atoms with van der Waals surface area (Å²) in [7, 11) is 0. The van der Waals surface area contributed by atoms with Crippen LogP contribution in [0.1, 0.15) is 24.2 Å². The van der Waals surface area contributed by atoms with Crippen molar-refractivity contribution in [2.75, 3.05) is 5.32 Å². The average Bonchev–Trinajstić information content (AvgIpc) is 2.95. The van der Waals surface area contributed by atoms with Crippen LogP contribution in [0.25, 0.3) is 6.08 Å². The third-order valence-electron chi connectivity index (χ3n) is 2.31. The van der Waals surface area contributed by atoms with Gasteiger partial charge < -0.3 is 14.3 Å². The molecular formula is C13H14N2O3. The van der Waals surface area contributed by atoms with Gasteiger partial charge >= 0.3 is 0 Å². The van der Waals surface area contributed by atoms with Crippen LogP contribution in [0.5, 0.6) is 0 Å². The maximum absolute atomic E-state index is 11.6. The standard InChI is InChI=1S/C13H14N2O3/c1-3-10-4-5-11(17-10)6-7-13(16)14-12-8-9(2)18-15-12/h4-8H,3H2,1-2H3,(H,14,15,16). The van der Waals surface area contributed by atoms with Gasteiger partial charge in [-0.25, -0.2) is 0 Å². The lowest BCUT2D eigenvalue weighted by atomic mass is 10.3. The van der Waals surface area contributed by atoms with Gasteiger partial charge in [0.2, 0.25) is 5.91 Å². The summed E-state index contributed by atoms with van der Waals surface area (Å²) in [6.45, 7) is 3.76. The number of rotatable bonds is 4. The highest BCUT2D eigenvalue weighted by atomic mass is 16.5. The molecular weight excluding hydrogens is 232 g/mol. The minimum atomic E-state index is -0.280. The van der Waals surface area contributed by atoms with Crippen LogP contribution in [0.2, 0.25) is 0 Å². The number of furan rings is 1. The first-order chi connectivity index (χ1) is 8.67. The minimum Gasteiger partial charge on any atom is -0.462 e. The van der Waals surface area contributed by atoms with Gasteiger partial charge in [-0.2, -0.15) is 0 Å². The van der Waals surface area contributed by atoms with Crippen molar-refractivity contribution in [2.24, 2.45) is 0 Å². The molecule has 0 atom stereocenters. The van der Waals surface area contributed by atoms with Gasteiger partial charge in [0.25, 0.3) is 0 Å².